The molecule has 0 radical (unpaired) electrons. The Bertz CT molecular complexity index is 822. The molecular weight excluding hydrogens is 326 g/mol. The lowest BCUT2D eigenvalue weighted by atomic mass is 10.1. The zero-order valence-electron chi connectivity index (χ0n) is 13.7. The molecule has 126 valence electrons. The maximum atomic E-state index is 9.27. The summed E-state index contributed by atoms with van der Waals surface area (Å²) in [5.41, 5.74) is 4.07. The van der Waals surface area contributed by atoms with Gasteiger partial charge in [0.2, 0.25) is 0 Å². The number of rotatable bonds is 6. The number of aliphatic hydroxyl groups is 1. The van der Waals surface area contributed by atoms with Crippen molar-refractivity contribution < 1.29 is 5.11 Å². The molecule has 0 aliphatic heterocycles. The number of nitrogens with one attached hydrogen (secondary N) is 1. The molecule has 0 amide bonds. The molecule has 0 fully saturated rings. The Kier molecular flexibility index (Phi) is 4.87. The molecule has 0 unspecified atom stereocenters. The van der Waals surface area contributed by atoms with E-state index in [-0.39, 0.29) is 6.61 Å². The number of hydrogen-bond donors (Lipinski definition) is 2. The minimum Gasteiger partial charge on any atom is -0.394 e. The summed E-state index contributed by atoms with van der Waals surface area (Å²) in [5.74, 6) is 0.859. The Morgan fingerprint density at radius 1 is 1.25 bits per heavy atom. The van der Waals surface area contributed by atoms with Gasteiger partial charge in [-0.3, -0.25) is 4.68 Å². The SMILES string of the molecule is Cc1c(CNc2cc(-c3ccc(Cl)cc3)nn2CCO)cnn1C. The summed E-state index contributed by atoms with van der Waals surface area (Å²) < 4.78 is 3.62. The van der Waals surface area contributed by atoms with Gasteiger partial charge < -0.3 is 10.4 Å². The molecule has 2 aromatic heterocycles. The molecule has 7 heteroatoms. The maximum Gasteiger partial charge on any atom is 0.125 e. The van der Waals surface area contributed by atoms with E-state index in [0.717, 1.165) is 28.3 Å². The molecule has 1 aromatic carbocycles. The van der Waals surface area contributed by atoms with Crippen LogP contribution in [0.15, 0.2) is 36.5 Å². The first-order chi connectivity index (χ1) is 11.6. The number of aryl methyl sites for hydroxylation is 1. The molecule has 0 saturated heterocycles. The second-order valence-corrected chi connectivity index (χ2v) is 6.04. The van der Waals surface area contributed by atoms with Crippen molar-refractivity contribution in [2.45, 2.75) is 20.0 Å². The molecule has 0 bridgehead atoms. The van der Waals surface area contributed by atoms with Crippen molar-refractivity contribution in [1.29, 1.82) is 0 Å². The Morgan fingerprint density at radius 2 is 2.00 bits per heavy atom. The fourth-order valence-corrected chi connectivity index (χ4v) is 2.62. The largest absolute Gasteiger partial charge is 0.394 e. The molecule has 0 aliphatic rings. The molecule has 3 rings (SSSR count). The van der Waals surface area contributed by atoms with Crippen molar-refractivity contribution in [3.8, 4) is 11.3 Å². The number of nitrogens with zero attached hydrogens (tertiary/aromatic N) is 4. The average Bonchev–Trinajstić information content (AvgIpc) is 3.11. The van der Waals surface area contributed by atoms with Gasteiger partial charge in [0.05, 0.1) is 25.0 Å². The summed E-state index contributed by atoms with van der Waals surface area (Å²) in [6.45, 7) is 3.15. The summed E-state index contributed by atoms with van der Waals surface area (Å²) in [6.07, 6.45) is 1.86. The fraction of sp³-hybridized carbons (Fsp3) is 0.294. The molecule has 24 heavy (non-hydrogen) atoms. The van der Waals surface area contributed by atoms with E-state index in [9.17, 15) is 5.11 Å². The zero-order chi connectivity index (χ0) is 17.1. The van der Waals surface area contributed by atoms with Gasteiger partial charge in [0.1, 0.15) is 5.82 Å². The van der Waals surface area contributed by atoms with Gasteiger partial charge in [0.25, 0.3) is 0 Å². The van der Waals surface area contributed by atoms with Gasteiger partial charge in [-0.2, -0.15) is 10.2 Å². The van der Waals surface area contributed by atoms with Crippen LogP contribution in [0, 0.1) is 6.92 Å². The van der Waals surface area contributed by atoms with Crippen LogP contribution < -0.4 is 5.32 Å². The normalized spacial score (nSPS) is 11.0. The number of benzene rings is 1. The second kappa shape index (κ2) is 7.07. The van der Waals surface area contributed by atoms with Gasteiger partial charge >= 0.3 is 0 Å². The van der Waals surface area contributed by atoms with Gasteiger partial charge in [-0.1, -0.05) is 23.7 Å². The smallest absolute Gasteiger partial charge is 0.125 e. The van der Waals surface area contributed by atoms with Crippen molar-refractivity contribution in [3.63, 3.8) is 0 Å². The molecule has 2 N–H and O–H groups in total. The number of anilines is 1. The maximum absolute atomic E-state index is 9.27. The summed E-state index contributed by atoms with van der Waals surface area (Å²) in [6, 6.07) is 9.53. The summed E-state index contributed by atoms with van der Waals surface area (Å²) in [5, 5.41) is 22.2. The molecule has 0 spiro atoms. The molecule has 0 aliphatic carbocycles. The highest BCUT2D eigenvalue weighted by Gasteiger charge is 2.11. The molecule has 3 aromatic rings. The first-order valence-corrected chi connectivity index (χ1v) is 8.12. The van der Waals surface area contributed by atoms with Crippen LogP contribution in [0.3, 0.4) is 0 Å². The standard InChI is InChI=1S/C17H20ClN5O/c1-12-14(11-20-22(12)2)10-19-17-9-16(21-23(17)7-8-24)13-3-5-15(18)6-4-13/h3-6,9,11,19,24H,7-8,10H2,1-2H3. The predicted molar refractivity (Wildman–Crippen MR) is 95.0 cm³/mol. The number of halogens is 1. The van der Waals surface area contributed by atoms with E-state index in [1.165, 1.54) is 0 Å². The van der Waals surface area contributed by atoms with Crippen LogP contribution in [-0.2, 0) is 20.1 Å². The van der Waals surface area contributed by atoms with Crippen molar-refractivity contribution in [3.05, 3.63) is 52.8 Å². The van der Waals surface area contributed by atoms with Crippen molar-refractivity contribution in [2.24, 2.45) is 7.05 Å². The third-order valence-electron chi connectivity index (χ3n) is 4.03. The van der Waals surface area contributed by atoms with Gasteiger partial charge in [-0.15, -0.1) is 0 Å². The zero-order valence-corrected chi connectivity index (χ0v) is 14.5. The van der Waals surface area contributed by atoms with E-state index < -0.39 is 0 Å². The lowest BCUT2D eigenvalue weighted by Crippen LogP contribution is -2.10. The second-order valence-electron chi connectivity index (χ2n) is 5.60. The van der Waals surface area contributed by atoms with E-state index in [1.807, 2.05) is 55.2 Å². The highest BCUT2D eigenvalue weighted by atomic mass is 35.5. The first-order valence-electron chi connectivity index (χ1n) is 7.74. The van der Waals surface area contributed by atoms with Crippen LogP contribution in [0.1, 0.15) is 11.3 Å². The Balaban J connectivity index is 1.83. The average molecular weight is 346 g/mol. The minimum absolute atomic E-state index is 0.0301. The first kappa shape index (κ1) is 16.5. The van der Waals surface area contributed by atoms with Crippen LogP contribution in [0.2, 0.25) is 5.02 Å². The summed E-state index contributed by atoms with van der Waals surface area (Å²) in [7, 11) is 1.92. The minimum atomic E-state index is 0.0301. The van der Waals surface area contributed by atoms with E-state index in [4.69, 9.17) is 11.6 Å². The highest BCUT2D eigenvalue weighted by molar-refractivity contribution is 6.30. The molecule has 6 nitrogen and oxygen atoms in total. The van der Waals surface area contributed by atoms with Crippen LogP contribution >= 0.6 is 11.6 Å². The van der Waals surface area contributed by atoms with Crippen LogP contribution in [0.25, 0.3) is 11.3 Å². The number of hydrogen-bond acceptors (Lipinski definition) is 4. The Hall–Kier alpha value is -2.31. The van der Waals surface area contributed by atoms with Crippen molar-refractivity contribution >= 4 is 17.4 Å². The summed E-state index contributed by atoms with van der Waals surface area (Å²) in [4.78, 5) is 0. The van der Waals surface area contributed by atoms with Gasteiger partial charge in [0.15, 0.2) is 0 Å². The van der Waals surface area contributed by atoms with Gasteiger partial charge in [-0.25, -0.2) is 4.68 Å². The van der Waals surface area contributed by atoms with Crippen molar-refractivity contribution in [1.82, 2.24) is 19.6 Å². The quantitative estimate of drug-likeness (QED) is 0.721. The molecule has 0 saturated carbocycles. The molecule has 2 heterocycles. The monoisotopic (exact) mass is 345 g/mol. The Morgan fingerprint density at radius 3 is 2.62 bits per heavy atom. The number of aliphatic hydroxyl groups excluding tert-OH is 1. The van der Waals surface area contributed by atoms with E-state index in [1.54, 1.807) is 4.68 Å². The van der Waals surface area contributed by atoms with E-state index in [2.05, 4.69) is 15.5 Å². The third kappa shape index (κ3) is 3.44. The van der Waals surface area contributed by atoms with Crippen LogP contribution in [0.5, 0.6) is 0 Å². The lowest BCUT2D eigenvalue weighted by molar-refractivity contribution is 0.270. The molecule has 0 atom stereocenters. The lowest BCUT2D eigenvalue weighted by Gasteiger charge is -2.08. The topological polar surface area (TPSA) is 67.9 Å². The predicted octanol–water partition coefficient (Wildman–Crippen LogP) is 2.85. The molecular formula is C17H20ClN5O. The van der Waals surface area contributed by atoms with Gasteiger partial charge in [-0.05, 0) is 19.1 Å². The van der Waals surface area contributed by atoms with Crippen LogP contribution in [0.4, 0.5) is 5.82 Å². The Labute approximate surface area is 145 Å². The highest BCUT2D eigenvalue weighted by Crippen LogP contribution is 2.24. The van der Waals surface area contributed by atoms with E-state index >= 15 is 0 Å². The fourth-order valence-electron chi connectivity index (χ4n) is 2.49. The summed E-state index contributed by atoms with van der Waals surface area (Å²) >= 11 is 5.94. The van der Waals surface area contributed by atoms with Crippen LogP contribution in [-0.4, -0.2) is 31.3 Å². The van der Waals surface area contributed by atoms with E-state index in [0.29, 0.717) is 18.1 Å². The van der Waals surface area contributed by atoms with Gasteiger partial charge in [0, 0.05) is 41.5 Å². The third-order valence-corrected chi connectivity index (χ3v) is 4.28. The van der Waals surface area contributed by atoms with Crippen molar-refractivity contribution in [2.75, 3.05) is 11.9 Å². The number of aromatic nitrogens is 4.